The fourth-order valence-corrected chi connectivity index (χ4v) is 3.28. The summed E-state index contributed by atoms with van der Waals surface area (Å²) in [6.07, 6.45) is 0.475. The highest BCUT2D eigenvalue weighted by atomic mass is 32.1. The van der Waals surface area contributed by atoms with E-state index >= 15 is 0 Å². The molecule has 0 saturated heterocycles. The van der Waals surface area contributed by atoms with Crippen molar-refractivity contribution in [2.75, 3.05) is 12.3 Å². The van der Waals surface area contributed by atoms with Gasteiger partial charge in [0.05, 0.1) is 11.1 Å². The van der Waals surface area contributed by atoms with Crippen LogP contribution in [-0.4, -0.2) is 23.7 Å². The Hall–Kier alpha value is -1.66. The molecule has 0 radical (unpaired) electrons. The highest BCUT2D eigenvalue weighted by Gasteiger charge is 2.22. The predicted molar refractivity (Wildman–Crippen MR) is 84.0 cm³/mol. The van der Waals surface area contributed by atoms with Gasteiger partial charge in [-0.25, -0.2) is 4.39 Å². The highest BCUT2D eigenvalue weighted by molar-refractivity contribution is 7.21. The molecule has 4 N–H and O–H groups in total. The lowest BCUT2D eigenvalue weighted by Gasteiger charge is -2.21. The topological polar surface area (TPSA) is 75.3 Å². The van der Waals surface area contributed by atoms with Crippen molar-refractivity contribution in [3.05, 3.63) is 28.9 Å². The molecule has 114 valence electrons. The predicted octanol–water partition coefficient (Wildman–Crippen LogP) is 2.76. The first-order chi connectivity index (χ1) is 9.95. The molecule has 6 heteroatoms. The molecule has 1 aromatic heterocycles. The van der Waals surface area contributed by atoms with Crippen LogP contribution in [0.3, 0.4) is 0 Å². The number of nitrogens with one attached hydrogen (secondary N) is 1. The molecule has 0 spiro atoms. The van der Waals surface area contributed by atoms with Gasteiger partial charge in [0.25, 0.3) is 5.91 Å². The highest BCUT2D eigenvalue weighted by Crippen LogP contribution is 2.35. The van der Waals surface area contributed by atoms with Crippen LogP contribution < -0.4 is 11.1 Å². The average molecular weight is 310 g/mol. The first-order valence-corrected chi connectivity index (χ1v) is 7.65. The molecule has 1 unspecified atom stereocenters. The standard InChI is InChI=1S/C15H19FN2O2S/c1-8(2)10(6-7-19)18-15(20)14-13(17)12-9(16)4-3-5-11(12)21-14/h3-5,8,10,19H,6-7,17H2,1-2H3,(H,18,20). The third-order valence-corrected chi connectivity index (χ3v) is 4.64. The second-order valence-electron chi connectivity index (χ2n) is 5.29. The molecular formula is C15H19FN2O2S. The van der Waals surface area contributed by atoms with Gasteiger partial charge in [0, 0.05) is 17.3 Å². The van der Waals surface area contributed by atoms with E-state index in [2.05, 4.69) is 5.32 Å². The summed E-state index contributed by atoms with van der Waals surface area (Å²) in [6.45, 7) is 3.93. The van der Waals surface area contributed by atoms with Crippen LogP contribution in [0.15, 0.2) is 18.2 Å². The van der Waals surface area contributed by atoms with E-state index in [1.807, 2.05) is 13.8 Å². The van der Waals surface area contributed by atoms with Gasteiger partial charge < -0.3 is 16.2 Å². The summed E-state index contributed by atoms with van der Waals surface area (Å²) in [7, 11) is 0. The number of aliphatic hydroxyl groups is 1. The molecule has 0 saturated carbocycles. The van der Waals surface area contributed by atoms with Crippen molar-refractivity contribution in [2.45, 2.75) is 26.3 Å². The van der Waals surface area contributed by atoms with Gasteiger partial charge in [0.1, 0.15) is 10.7 Å². The molecular weight excluding hydrogens is 291 g/mol. The Labute approximate surface area is 126 Å². The number of nitrogen functional groups attached to an aromatic ring is 1. The molecule has 0 aliphatic carbocycles. The minimum Gasteiger partial charge on any atom is -0.397 e. The first kappa shape index (κ1) is 15.7. The number of benzene rings is 1. The summed E-state index contributed by atoms with van der Waals surface area (Å²) in [6, 6.07) is 4.52. The molecule has 1 atom stereocenters. The van der Waals surface area contributed by atoms with Crippen LogP contribution in [0.1, 0.15) is 29.9 Å². The van der Waals surface area contributed by atoms with Gasteiger partial charge in [-0.15, -0.1) is 11.3 Å². The molecule has 0 aliphatic rings. The first-order valence-electron chi connectivity index (χ1n) is 6.84. The van der Waals surface area contributed by atoms with Crippen molar-refractivity contribution in [1.82, 2.24) is 5.32 Å². The van der Waals surface area contributed by atoms with Crippen LogP contribution in [0.2, 0.25) is 0 Å². The minimum absolute atomic E-state index is 0.000344. The maximum absolute atomic E-state index is 13.8. The van der Waals surface area contributed by atoms with E-state index in [4.69, 9.17) is 10.8 Å². The molecule has 0 fully saturated rings. The van der Waals surface area contributed by atoms with Crippen molar-refractivity contribution in [3.8, 4) is 0 Å². The summed E-state index contributed by atoms with van der Waals surface area (Å²) in [5, 5.41) is 12.2. The number of nitrogens with two attached hydrogens (primary N) is 1. The lowest BCUT2D eigenvalue weighted by atomic mass is 10.0. The van der Waals surface area contributed by atoms with E-state index in [1.54, 1.807) is 12.1 Å². The zero-order chi connectivity index (χ0) is 15.6. The van der Waals surface area contributed by atoms with Gasteiger partial charge in [0.15, 0.2) is 0 Å². The second-order valence-corrected chi connectivity index (χ2v) is 6.35. The Kier molecular flexibility index (Phi) is 4.80. The van der Waals surface area contributed by atoms with Crippen LogP contribution in [0.4, 0.5) is 10.1 Å². The SMILES string of the molecule is CC(C)C(CCO)NC(=O)c1sc2cccc(F)c2c1N. The largest absolute Gasteiger partial charge is 0.397 e. The minimum atomic E-state index is -0.420. The van der Waals surface area contributed by atoms with Gasteiger partial charge in [-0.05, 0) is 24.5 Å². The summed E-state index contributed by atoms with van der Waals surface area (Å²) < 4.78 is 14.5. The lowest BCUT2D eigenvalue weighted by Crippen LogP contribution is -2.39. The Bertz CT molecular complexity index is 654. The molecule has 1 aromatic carbocycles. The van der Waals surface area contributed by atoms with Crippen molar-refractivity contribution in [3.63, 3.8) is 0 Å². The van der Waals surface area contributed by atoms with Gasteiger partial charge in [-0.2, -0.15) is 0 Å². The maximum atomic E-state index is 13.8. The normalized spacial score (nSPS) is 12.8. The third kappa shape index (κ3) is 3.16. The maximum Gasteiger partial charge on any atom is 0.263 e. The number of hydrogen-bond donors (Lipinski definition) is 3. The number of rotatable bonds is 5. The van der Waals surface area contributed by atoms with E-state index in [1.165, 1.54) is 17.4 Å². The van der Waals surface area contributed by atoms with E-state index in [0.717, 1.165) is 0 Å². The monoisotopic (exact) mass is 310 g/mol. The Morgan fingerprint density at radius 1 is 1.48 bits per heavy atom. The average Bonchev–Trinajstić information content (AvgIpc) is 2.77. The zero-order valence-electron chi connectivity index (χ0n) is 12.0. The van der Waals surface area contributed by atoms with Crippen LogP contribution in [0.25, 0.3) is 10.1 Å². The van der Waals surface area contributed by atoms with Gasteiger partial charge in [-0.1, -0.05) is 19.9 Å². The quantitative estimate of drug-likeness (QED) is 0.795. The molecule has 2 aromatic rings. The number of fused-ring (bicyclic) bond motifs is 1. The molecule has 0 aliphatic heterocycles. The fraction of sp³-hybridized carbons (Fsp3) is 0.400. The Morgan fingerprint density at radius 2 is 2.19 bits per heavy atom. The number of hydrogen-bond acceptors (Lipinski definition) is 4. The van der Waals surface area contributed by atoms with E-state index in [0.29, 0.717) is 21.4 Å². The Balaban J connectivity index is 2.31. The van der Waals surface area contributed by atoms with Crippen LogP contribution in [0, 0.1) is 11.7 Å². The molecule has 21 heavy (non-hydrogen) atoms. The van der Waals surface area contributed by atoms with Crippen molar-refractivity contribution < 1.29 is 14.3 Å². The number of anilines is 1. The van der Waals surface area contributed by atoms with E-state index in [-0.39, 0.29) is 30.2 Å². The lowest BCUT2D eigenvalue weighted by molar-refractivity contribution is 0.0921. The van der Waals surface area contributed by atoms with Crippen LogP contribution in [-0.2, 0) is 0 Å². The van der Waals surface area contributed by atoms with Crippen molar-refractivity contribution in [1.29, 1.82) is 0 Å². The van der Waals surface area contributed by atoms with Gasteiger partial charge in [0.2, 0.25) is 0 Å². The molecule has 1 heterocycles. The number of amides is 1. The van der Waals surface area contributed by atoms with Crippen molar-refractivity contribution >= 4 is 33.0 Å². The summed E-state index contributed by atoms with van der Waals surface area (Å²) in [5.74, 6) is -0.551. The van der Waals surface area contributed by atoms with E-state index in [9.17, 15) is 9.18 Å². The summed E-state index contributed by atoms with van der Waals surface area (Å²) in [5.41, 5.74) is 6.10. The smallest absolute Gasteiger partial charge is 0.263 e. The summed E-state index contributed by atoms with van der Waals surface area (Å²) >= 11 is 1.18. The van der Waals surface area contributed by atoms with Gasteiger partial charge >= 0.3 is 0 Å². The number of carbonyl (C=O) groups excluding carboxylic acids is 1. The fourth-order valence-electron chi connectivity index (χ4n) is 2.24. The molecule has 4 nitrogen and oxygen atoms in total. The summed E-state index contributed by atoms with van der Waals surface area (Å²) in [4.78, 5) is 12.7. The van der Waals surface area contributed by atoms with Gasteiger partial charge in [-0.3, -0.25) is 4.79 Å². The number of halogens is 1. The number of thiophene rings is 1. The van der Waals surface area contributed by atoms with Crippen LogP contribution >= 0.6 is 11.3 Å². The number of aliphatic hydroxyl groups excluding tert-OH is 1. The molecule has 1 amide bonds. The zero-order valence-corrected chi connectivity index (χ0v) is 12.8. The third-order valence-electron chi connectivity index (χ3n) is 3.47. The second kappa shape index (κ2) is 6.41. The molecule has 2 rings (SSSR count). The molecule has 0 bridgehead atoms. The van der Waals surface area contributed by atoms with Crippen LogP contribution in [0.5, 0.6) is 0 Å². The van der Waals surface area contributed by atoms with E-state index < -0.39 is 5.82 Å². The van der Waals surface area contributed by atoms with Crippen molar-refractivity contribution in [2.24, 2.45) is 5.92 Å². The number of carbonyl (C=O) groups is 1. The Morgan fingerprint density at radius 3 is 2.76 bits per heavy atom.